The number of carbonyl (C=O) groups is 1. The number of hydrogen-bond donors (Lipinski definition) is 1. The minimum absolute atomic E-state index is 0. The first-order valence-electron chi connectivity index (χ1n) is 8.07. The number of nitrogens with two attached hydrogens (primary N) is 1. The molecule has 2 unspecified atom stereocenters. The van der Waals surface area contributed by atoms with E-state index in [2.05, 4.69) is 23.8 Å². The topological polar surface area (TPSA) is 67.4 Å². The van der Waals surface area contributed by atoms with E-state index >= 15 is 0 Å². The van der Waals surface area contributed by atoms with Crippen molar-refractivity contribution < 1.29 is 4.79 Å². The molecule has 1 fully saturated rings. The fraction of sp³-hybridized carbons (Fsp3) is 0.750. The third-order valence-electron chi connectivity index (χ3n) is 4.90. The molecule has 2 rings (SSSR count). The van der Waals surface area contributed by atoms with Crippen LogP contribution in [0.3, 0.4) is 0 Å². The van der Waals surface area contributed by atoms with Gasteiger partial charge < -0.3 is 10.6 Å². The molecule has 1 aliphatic heterocycles. The number of carbonyl (C=O) groups excluding carboxylic acids is 1. The molecule has 1 aliphatic rings. The number of aromatic nitrogens is 2. The van der Waals surface area contributed by atoms with Gasteiger partial charge in [-0.15, -0.1) is 37.2 Å². The average Bonchev–Trinajstić information content (AvgIpc) is 2.73. The maximum absolute atomic E-state index is 12.3. The minimum atomic E-state index is -0.102. The lowest BCUT2D eigenvalue weighted by Crippen LogP contribution is -2.51. The van der Waals surface area contributed by atoms with Gasteiger partial charge in [-0.2, -0.15) is 5.10 Å². The lowest BCUT2D eigenvalue weighted by molar-refractivity contribution is -0.137. The van der Waals surface area contributed by atoms with E-state index in [4.69, 9.17) is 5.73 Å². The Morgan fingerprint density at radius 3 is 2.04 bits per heavy atom. The molecule has 0 radical (unpaired) electrons. The first kappa shape index (κ1) is 26.7. The molecule has 2 heterocycles. The SMILES string of the molecule is Cc1nn(C)c(C)c1CN1CCN(C(=O)C(C)C(C)N)CC1.Cl.Cl.Cl. The predicted octanol–water partition coefficient (Wildman–Crippen LogP) is 1.93. The fourth-order valence-electron chi connectivity index (χ4n) is 2.91. The van der Waals surface area contributed by atoms with Crippen LogP contribution in [0.15, 0.2) is 0 Å². The standard InChI is InChI=1S/C16H29N5O.3ClH/c1-11(12(2)17)16(22)21-8-6-20(7-9-21)10-15-13(3)18-19(5)14(15)4;;;/h11-12H,6-10,17H2,1-5H3;3*1H. The van der Waals surface area contributed by atoms with Gasteiger partial charge in [-0.3, -0.25) is 14.4 Å². The van der Waals surface area contributed by atoms with Crippen LogP contribution >= 0.6 is 37.2 Å². The summed E-state index contributed by atoms with van der Waals surface area (Å²) in [5.74, 6) is 0.0813. The third-order valence-corrected chi connectivity index (χ3v) is 4.90. The summed E-state index contributed by atoms with van der Waals surface area (Å²) in [5.41, 5.74) is 9.48. The predicted molar refractivity (Wildman–Crippen MR) is 109 cm³/mol. The summed E-state index contributed by atoms with van der Waals surface area (Å²) in [5, 5.41) is 4.47. The molecular formula is C16H32Cl3N5O. The highest BCUT2D eigenvalue weighted by Crippen LogP contribution is 2.17. The first-order chi connectivity index (χ1) is 10.3. The van der Waals surface area contributed by atoms with E-state index in [9.17, 15) is 4.79 Å². The van der Waals surface area contributed by atoms with Crippen molar-refractivity contribution >= 4 is 43.1 Å². The summed E-state index contributed by atoms with van der Waals surface area (Å²) >= 11 is 0. The van der Waals surface area contributed by atoms with E-state index in [1.807, 2.05) is 30.5 Å². The van der Waals surface area contributed by atoms with Gasteiger partial charge >= 0.3 is 0 Å². The largest absolute Gasteiger partial charge is 0.340 e. The number of aryl methyl sites for hydroxylation is 2. The van der Waals surface area contributed by atoms with Gasteiger partial charge in [-0.1, -0.05) is 6.92 Å². The van der Waals surface area contributed by atoms with Crippen LogP contribution in [0, 0.1) is 19.8 Å². The van der Waals surface area contributed by atoms with Crippen LogP contribution in [0.25, 0.3) is 0 Å². The van der Waals surface area contributed by atoms with E-state index in [0.717, 1.165) is 38.4 Å². The fourth-order valence-corrected chi connectivity index (χ4v) is 2.91. The molecule has 148 valence electrons. The van der Waals surface area contributed by atoms with E-state index in [0.29, 0.717) is 0 Å². The lowest BCUT2D eigenvalue weighted by atomic mass is 10.0. The second-order valence-corrected chi connectivity index (χ2v) is 6.52. The minimum Gasteiger partial charge on any atom is -0.340 e. The summed E-state index contributed by atoms with van der Waals surface area (Å²) in [7, 11) is 1.98. The molecule has 9 heteroatoms. The van der Waals surface area contributed by atoms with Crippen LogP contribution in [-0.2, 0) is 18.4 Å². The third kappa shape index (κ3) is 6.29. The Morgan fingerprint density at radius 2 is 1.64 bits per heavy atom. The Morgan fingerprint density at radius 1 is 1.12 bits per heavy atom. The molecular weight excluding hydrogens is 385 g/mol. The maximum atomic E-state index is 12.3. The second-order valence-electron chi connectivity index (χ2n) is 6.52. The number of amides is 1. The van der Waals surface area contributed by atoms with E-state index in [1.54, 1.807) is 0 Å². The molecule has 0 saturated carbocycles. The highest BCUT2D eigenvalue weighted by atomic mass is 35.5. The van der Waals surface area contributed by atoms with Gasteiger partial charge in [0.2, 0.25) is 5.91 Å². The monoisotopic (exact) mass is 415 g/mol. The Hall–Kier alpha value is -0.530. The summed E-state index contributed by atoms with van der Waals surface area (Å²) < 4.78 is 1.94. The van der Waals surface area contributed by atoms with Crippen LogP contribution in [0.5, 0.6) is 0 Å². The number of nitrogens with zero attached hydrogens (tertiary/aromatic N) is 4. The first-order valence-corrected chi connectivity index (χ1v) is 8.07. The van der Waals surface area contributed by atoms with E-state index in [1.165, 1.54) is 11.3 Å². The molecule has 0 aliphatic carbocycles. The van der Waals surface area contributed by atoms with Crippen molar-refractivity contribution in [2.75, 3.05) is 26.2 Å². The molecule has 1 saturated heterocycles. The van der Waals surface area contributed by atoms with Gasteiger partial charge in [-0.25, -0.2) is 0 Å². The van der Waals surface area contributed by atoms with Crippen molar-refractivity contribution in [1.82, 2.24) is 19.6 Å². The molecule has 0 spiro atoms. The van der Waals surface area contributed by atoms with Gasteiger partial charge in [0.15, 0.2) is 0 Å². The van der Waals surface area contributed by atoms with Gasteiger partial charge in [0.1, 0.15) is 0 Å². The van der Waals surface area contributed by atoms with Gasteiger partial charge in [0.25, 0.3) is 0 Å². The van der Waals surface area contributed by atoms with Crippen LogP contribution in [0.1, 0.15) is 30.8 Å². The normalized spacial score (nSPS) is 17.0. The Labute approximate surface area is 169 Å². The number of hydrogen-bond acceptors (Lipinski definition) is 4. The zero-order chi connectivity index (χ0) is 16.4. The maximum Gasteiger partial charge on any atom is 0.227 e. The highest BCUT2D eigenvalue weighted by molar-refractivity contribution is 5.86. The van der Waals surface area contributed by atoms with Crippen molar-refractivity contribution in [2.24, 2.45) is 18.7 Å². The average molecular weight is 417 g/mol. The van der Waals surface area contributed by atoms with Crippen LogP contribution in [-0.4, -0.2) is 57.7 Å². The van der Waals surface area contributed by atoms with Crippen molar-refractivity contribution in [3.8, 4) is 0 Å². The van der Waals surface area contributed by atoms with Crippen molar-refractivity contribution in [1.29, 1.82) is 0 Å². The zero-order valence-corrected chi connectivity index (χ0v) is 18.1. The molecule has 2 atom stereocenters. The number of halogens is 3. The summed E-state index contributed by atoms with van der Waals surface area (Å²) in [4.78, 5) is 16.7. The van der Waals surface area contributed by atoms with Crippen LogP contribution in [0.4, 0.5) is 0 Å². The molecule has 2 N–H and O–H groups in total. The molecule has 0 aromatic carbocycles. The number of piperazine rings is 1. The van der Waals surface area contributed by atoms with Crippen LogP contribution < -0.4 is 5.73 Å². The van der Waals surface area contributed by atoms with Gasteiger partial charge in [0.05, 0.1) is 11.6 Å². The van der Waals surface area contributed by atoms with E-state index < -0.39 is 0 Å². The zero-order valence-electron chi connectivity index (χ0n) is 15.7. The molecule has 1 aromatic heterocycles. The van der Waals surface area contributed by atoms with Crippen molar-refractivity contribution in [3.05, 3.63) is 17.0 Å². The number of rotatable bonds is 4. The van der Waals surface area contributed by atoms with Gasteiger partial charge in [0, 0.05) is 57.1 Å². The lowest BCUT2D eigenvalue weighted by Gasteiger charge is -2.36. The highest BCUT2D eigenvalue weighted by Gasteiger charge is 2.27. The smallest absolute Gasteiger partial charge is 0.227 e. The van der Waals surface area contributed by atoms with Gasteiger partial charge in [-0.05, 0) is 20.8 Å². The Kier molecular flexibility index (Phi) is 12.0. The quantitative estimate of drug-likeness (QED) is 0.814. The second kappa shape index (κ2) is 11.2. The molecule has 1 amide bonds. The van der Waals surface area contributed by atoms with Crippen molar-refractivity contribution in [3.63, 3.8) is 0 Å². The molecule has 1 aromatic rings. The van der Waals surface area contributed by atoms with Crippen molar-refractivity contribution in [2.45, 2.75) is 40.3 Å². The van der Waals surface area contributed by atoms with Crippen LogP contribution in [0.2, 0.25) is 0 Å². The molecule has 0 bridgehead atoms. The summed E-state index contributed by atoms with van der Waals surface area (Å²) in [6.07, 6.45) is 0. The Balaban J connectivity index is 0. The van der Waals surface area contributed by atoms with E-state index in [-0.39, 0.29) is 55.1 Å². The summed E-state index contributed by atoms with van der Waals surface area (Å²) in [6, 6.07) is -0.0915. The Bertz CT molecular complexity index is 542. The molecule has 25 heavy (non-hydrogen) atoms. The summed E-state index contributed by atoms with van der Waals surface area (Å²) in [6.45, 7) is 12.3. The molecule has 6 nitrogen and oxygen atoms in total.